The summed E-state index contributed by atoms with van der Waals surface area (Å²) >= 11 is 3.67. The van der Waals surface area contributed by atoms with Gasteiger partial charge in [-0.15, -0.1) is 235 Å². The van der Waals surface area contributed by atoms with Crippen molar-refractivity contribution in [1.82, 2.24) is 44.9 Å². The zero-order valence-corrected chi connectivity index (χ0v) is 80.6. The molecule has 0 saturated heterocycles. The first kappa shape index (κ1) is 87.7. The average molecular weight is 2270 g/mol. The maximum Gasteiger partial charge on any atom is 2.00 e. The summed E-state index contributed by atoms with van der Waals surface area (Å²) in [7, 11) is 0. The van der Waals surface area contributed by atoms with Gasteiger partial charge in [0, 0.05) is 92.9 Å². The zero-order valence-electron chi connectivity index (χ0n) is 72.1. The molecule has 0 aliphatic carbocycles. The summed E-state index contributed by atoms with van der Waals surface area (Å²) in [6, 6.07) is 126. The normalized spacial score (nSPS) is 13.5. The molecule has 9 aromatic carbocycles. The molecule has 0 atom stereocenters. The first-order chi connectivity index (χ1) is 62.8. The molecule has 12 aromatic heterocycles. The van der Waals surface area contributed by atoms with E-state index in [2.05, 4.69) is 313 Å². The Balaban J connectivity index is 0.000000126. The quantitative estimate of drug-likeness (QED) is 0.134. The molecule has 0 fully saturated rings. The van der Waals surface area contributed by atoms with E-state index < -0.39 is 5.41 Å². The summed E-state index contributed by atoms with van der Waals surface area (Å²) in [4.78, 5) is 45.8. The second kappa shape index (κ2) is 37.7. The van der Waals surface area contributed by atoms with Crippen LogP contribution in [0.2, 0.25) is 0 Å². The molecule has 0 saturated carbocycles. The van der Waals surface area contributed by atoms with E-state index in [4.69, 9.17) is 54.0 Å². The molecular formula is C115H83N9O2Pt3S2. The Morgan fingerprint density at radius 3 is 1.16 bits per heavy atom. The van der Waals surface area contributed by atoms with Crippen LogP contribution < -0.4 is 4.74 Å². The third-order valence-corrected chi connectivity index (χ3v) is 27.6. The van der Waals surface area contributed by atoms with Crippen LogP contribution in [0.1, 0.15) is 118 Å². The van der Waals surface area contributed by atoms with Crippen molar-refractivity contribution in [2.24, 2.45) is 0 Å². The average Bonchev–Trinajstić information content (AvgIpc) is 1.61. The van der Waals surface area contributed by atoms with Gasteiger partial charge >= 0.3 is 63.2 Å². The Hall–Kier alpha value is -12.6. The molecule has 642 valence electrons. The molecule has 39 rings (SSSR count). The SMILES string of the molecule is CC1(C)c2cccc(n2)-c2[c-]cc(cc2)CCc2cccc3oc4nc(ccc4c23)Cc2c[c-]c(cc2)-c2cccc1n2.CC1(C)c2cccc(n2)-c2[c-]cc(cc2)CCc2cccc3sc4nc(ccc4c23)Cc2c[c-]c(cc2)-c2cccc1n2.[Pt+2].[Pt+2].[Pt+2].[c-]1cc2ccc1-c1cccc(n1)Oc1cccc(n1)-c1[c-]cc(cc1)CCc1nccc3c1sc1c(cccc13)CC2. The molecule has 18 aliphatic rings. The summed E-state index contributed by atoms with van der Waals surface area (Å²) in [6.45, 7) is 8.74. The molecule has 131 heavy (non-hydrogen) atoms. The topological polar surface area (TPSA) is 138 Å². The van der Waals surface area contributed by atoms with Crippen molar-refractivity contribution in [3.05, 3.63) is 436 Å². The van der Waals surface area contributed by atoms with E-state index in [9.17, 15) is 0 Å². The summed E-state index contributed by atoms with van der Waals surface area (Å²) in [5, 5.41) is 7.43. The first-order valence-corrected chi connectivity index (χ1v) is 45.4. The first-order valence-electron chi connectivity index (χ1n) is 43.8. The number of rotatable bonds is 0. The number of hydrogen-bond donors (Lipinski definition) is 0. The Kier molecular flexibility index (Phi) is 25.3. The van der Waals surface area contributed by atoms with Crippen LogP contribution in [0.5, 0.6) is 11.8 Å². The monoisotopic (exact) mass is 2270 g/mol. The van der Waals surface area contributed by atoms with Gasteiger partial charge in [-0.3, -0.25) is 15.0 Å². The predicted octanol–water partition coefficient (Wildman–Crippen LogP) is 26.8. The molecule has 0 unspecified atom stereocenters. The molecule has 34 bridgehead atoms. The smallest absolute Gasteiger partial charge is 0.438 e. The van der Waals surface area contributed by atoms with Gasteiger partial charge in [0.15, 0.2) is 0 Å². The number of hydrogen-bond acceptors (Lipinski definition) is 13. The minimum absolute atomic E-state index is 0. The number of benzene rings is 9. The van der Waals surface area contributed by atoms with Gasteiger partial charge in [0.2, 0.25) is 17.5 Å². The molecule has 0 amide bonds. The van der Waals surface area contributed by atoms with Crippen molar-refractivity contribution in [1.29, 1.82) is 0 Å². The standard InChI is InChI=1S/C39H29N3O.C39H29N3S.C37H25N3OS.3Pt/c2*1-39(2)35-10-4-7-32(41-35)27-17-12-25(13-18-27)14-21-29-6-3-9-34-37(29)31-23-22-30(40-38(31)43-34)24-26-15-19-28(20-16-26)33-8-5-11-36(39)42-33;1-4-28-20-14-24-10-16-26(17-11-24)31-6-2-8-34(39-31)41-35-9-3-7-32(40-35)27-18-12-25(13-19-27)15-21-33-37-30(22-23-38-33)29(5-1)36(28)42-37;;;/h2*3-13,15-17,19,22-23H,14,21,24H2,1-2H3;1-13,16,18,22-23H,14-15,20-21H2;;;/q3*-2;3*+2. The molecule has 16 heteroatoms. The fraction of sp³-hybridized carbons (Fsp3) is 0.139. The van der Waals surface area contributed by atoms with Gasteiger partial charge in [-0.2, -0.15) is 0 Å². The summed E-state index contributed by atoms with van der Waals surface area (Å²) in [5.74, 6) is 0.989. The van der Waals surface area contributed by atoms with Crippen LogP contribution in [0.4, 0.5) is 0 Å². The van der Waals surface area contributed by atoms with E-state index in [1.165, 1.54) is 80.2 Å². The molecule has 0 N–H and O–H groups in total. The number of aromatic nitrogens is 9. The number of aryl methyl sites for hydroxylation is 8. The van der Waals surface area contributed by atoms with Crippen LogP contribution in [0.3, 0.4) is 0 Å². The number of thiophene rings is 2. The summed E-state index contributed by atoms with van der Waals surface area (Å²) < 4.78 is 16.3. The van der Waals surface area contributed by atoms with Gasteiger partial charge in [-0.1, -0.05) is 141 Å². The van der Waals surface area contributed by atoms with Crippen molar-refractivity contribution in [3.63, 3.8) is 0 Å². The maximum absolute atomic E-state index is 6.26. The molecule has 0 radical (unpaired) electrons. The van der Waals surface area contributed by atoms with Gasteiger partial charge in [-0.05, 0) is 196 Å². The van der Waals surface area contributed by atoms with Crippen molar-refractivity contribution in [2.75, 3.05) is 0 Å². The van der Waals surface area contributed by atoms with E-state index >= 15 is 0 Å². The number of pyridine rings is 9. The van der Waals surface area contributed by atoms with E-state index in [-0.39, 0.29) is 68.6 Å². The third-order valence-electron chi connectivity index (χ3n) is 25.2. The zero-order chi connectivity index (χ0) is 85.8. The molecule has 21 aromatic rings. The van der Waals surface area contributed by atoms with Gasteiger partial charge in [0.05, 0.1) is 10.4 Å². The Morgan fingerprint density at radius 2 is 0.687 bits per heavy atom. The Morgan fingerprint density at radius 1 is 0.298 bits per heavy atom. The fourth-order valence-corrected chi connectivity index (χ4v) is 20.4. The van der Waals surface area contributed by atoms with Crippen molar-refractivity contribution >= 4 is 85.2 Å². The van der Waals surface area contributed by atoms with Crippen LogP contribution in [0.15, 0.2) is 314 Å². The minimum atomic E-state index is -0.393. The maximum atomic E-state index is 6.26. The van der Waals surface area contributed by atoms with E-state index in [0.717, 1.165) is 192 Å². The minimum Gasteiger partial charge on any atom is -0.438 e. The van der Waals surface area contributed by atoms with Gasteiger partial charge in [-0.25, -0.2) is 9.97 Å². The van der Waals surface area contributed by atoms with Gasteiger partial charge in [0.25, 0.3) is 0 Å². The third kappa shape index (κ3) is 18.2. The number of ether oxygens (including phenoxy) is 1. The molecule has 18 aliphatic heterocycles. The van der Waals surface area contributed by atoms with Crippen LogP contribution in [0.25, 0.3) is 130 Å². The van der Waals surface area contributed by atoms with Crippen molar-refractivity contribution in [2.45, 2.75) is 103 Å². The number of fused-ring (bicyclic) bond motifs is 1. The van der Waals surface area contributed by atoms with Crippen LogP contribution in [-0.2, 0) is 138 Å². The van der Waals surface area contributed by atoms with Crippen LogP contribution in [0, 0.1) is 36.4 Å². The second-order valence-electron chi connectivity index (χ2n) is 34.3. The molecule has 30 heterocycles. The second-order valence-corrected chi connectivity index (χ2v) is 36.4. The Labute approximate surface area is 812 Å². The van der Waals surface area contributed by atoms with Crippen LogP contribution >= 0.6 is 22.7 Å². The Bertz CT molecular complexity index is 7330. The largest absolute Gasteiger partial charge is 2.00 e. The molecule has 11 nitrogen and oxygen atoms in total. The van der Waals surface area contributed by atoms with Crippen molar-refractivity contribution in [3.8, 4) is 79.3 Å². The van der Waals surface area contributed by atoms with E-state index in [0.29, 0.717) is 23.9 Å². The molecular weight excluding hydrogens is 2190 g/mol. The fourth-order valence-electron chi connectivity index (χ4n) is 17.9. The van der Waals surface area contributed by atoms with Crippen molar-refractivity contribution < 1.29 is 72.3 Å². The molecule has 0 spiro atoms. The number of furan rings is 1. The van der Waals surface area contributed by atoms with Gasteiger partial charge < -0.3 is 29.1 Å². The summed E-state index contributed by atoms with van der Waals surface area (Å²) in [5.41, 5.74) is 30.3. The van der Waals surface area contributed by atoms with Gasteiger partial charge in [0.1, 0.15) is 10.4 Å². The summed E-state index contributed by atoms with van der Waals surface area (Å²) in [6.07, 6.45) is 10.8. The van der Waals surface area contributed by atoms with Crippen LogP contribution in [-0.4, -0.2) is 44.9 Å². The number of nitrogens with zero attached hydrogens (tertiary/aromatic N) is 9. The van der Waals surface area contributed by atoms with E-state index in [1.807, 2.05) is 72.1 Å². The predicted molar refractivity (Wildman–Crippen MR) is 516 cm³/mol. The van der Waals surface area contributed by atoms with E-state index in [1.54, 1.807) is 11.3 Å².